The van der Waals surface area contributed by atoms with Gasteiger partial charge in [-0.15, -0.1) is 0 Å². The highest BCUT2D eigenvalue weighted by atomic mass is 16.3. The summed E-state index contributed by atoms with van der Waals surface area (Å²) in [5.74, 6) is 2.24. The van der Waals surface area contributed by atoms with Gasteiger partial charge in [-0.3, -0.25) is 0 Å². The molecule has 7 heteroatoms. The lowest BCUT2D eigenvalue weighted by molar-refractivity contribution is 0.199. The van der Waals surface area contributed by atoms with Crippen LogP contribution in [0.5, 0.6) is 0 Å². The third-order valence-corrected chi connectivity index (χ3v) is 4.02. The third-order valence-electron chi connectivity index (χ3n) is 4.02. The molecule has 2 heterocycles. The molecule has 0 radical (unpaired) electrons. The minimum atomic E-state index is -0.468. The Hall–Kier alpha value is -2.67. The van der Waals surface area contributed by atoms with Gasteiger partial charge < -0.3 is 14.8 Å². The van der Waals surface area contributed by atoms with E-state index in [-0.39, 0.29) is 0 Å². The zero-order chi connectivity index (χ0) is 17.6. The van der Waals surface area contributed by atoms with Crippen molar-refractivity contribution in [3.8, 4) is 11.3 Å². The lowest BCUT2D eigenvalue weighted by Gasteiger charge is -2.06. The number of benzene rings is 1. The fourth-order valence-electron chi connectivity index (χ4n) is 2.51. The summed E-state index contributed by atoms with van der Waals surface area (Å²) in [5.41, 5.74) is 1.86. The van der Waals surface area contributed by atoms with Crippen LogP contribution in [-0.4, -0.2) is 25.3 Å². The van der Waals surface area contributed by atoms with Gasteiger partial charge in [-0.1, -0.05) is 42.7 Å². The molecule has 1 aromatic carbocycles. The van der Waals surface area contributed by atoms with E-state index in [9.17, 15) is 5.11 Å². The molecule has 0 aliphatic heterocycles. The van der Waals surface area contributed by atoms with Crippen LogP contribution in [0.3, 0.4) is 0 Å². The molecule has 3 rings (SSSR count). The van der Waals surface area contributed by atoms with Gasteiger partial charge in [0.15, 0.2) is 0 Å². The van der Waals surface area contributed by atoms with Gasteiger partial charge in [0.05, 0.1) is 12.6 Å². The van der Waals surface area contributed by atoms with Crippen molar-refractivity contribution in [1.29, 1.82) is 0 Å². The van der Waals surface area contributed by atoms with E-state index in [4.69, 9.17) is 4.42 Å². The summed E-state index contributed by atoms with van der Waals surface area (Å²) < 4.78 is 7.65. The Kier molecular flexibility index (Phi) is 5.45. The predicted molar refractivity (Wildman–Crippen MR) is 94.8 cm³/mol. The second kappa shape index (κ2) is 7.94. The van der Waals surface area contributed by atoms with E-state index in [2.05, 4.69) is 27.8 Å². The molecular formula is C18H23N5O2. The molecule has 1 atom stereocenters. The Morgan fingerprint density at radius 2 is 2.00 bits per heavy atom. The normalized spacial score (nSPS) is 12.3. The average molecular weight is 341 g/mol. The summed E-state index contributed by atoms with van der Waals surface area (Å²) >= 11 is 0. The molecular weight excluding hydrogens is 318 g/mol. The summed E-state index contributed by atoms with van der Waals surface area (Å²) in [7, 11) is 0. The van der Waals surface area contributed by atoms with Crippen LogP contribution in [0, 0.1) is 0 Å². The largest absolute Gasteiger partial charge is 0.459 e. The molecule has 0 bridgehead atoms. The lowest BCUT2D eigenvalue weighted by Crippen LogP contribution is -2.08. The number of aliphatic hydroxyl groups is 1. The SMILES string of the molecule is CCCCn1nnnc1NCc1ccc(-c2ccc([C@@H](C)O)cc2)o1. The summed E-state index contributed by atoms with van der Waals surface area (Å²) in [5, 5.41) is 24.5. The van der Waals surface area contributed by atoms with Crippen LogP contribution < -0.4 is 5.32 Å². The highest BCUT2D eigenvalue weighted by Crippen LogP contribution is 2.24. The fraction of sp³-hybridized carbons (Fsp3) is 0.389. The molecule has 0 fully saturated rings. The molecule has 0 saturated carbocycles. The first-order valence-electron chi connectivity index (χ1n) is 8.54. The molecule has 0 aliphatic rings. The number of tetrazole rings is 1. The molecule has 0 unspecified atom stereocenters. The maximum atomic E-state index is 9.58. The number of nitrogens with one attached hydrogen (secondary N) is 1. The van der Waals surface area contributed by atoms with Crippen LogP contribution in [0.25, 0.3) is 11.3 Å². The lowest BCUT2D eigenvalue weighted by atomic mass is 10.1. The Morgan fingerprint density at radius 1 is 1.20 bits per heavy atom. The van der Waals surface area contributed by atoms with E-state index in [0.717, 1.165) is 42.0 Å². The molecule has 3 aromatic rings. The Bertz CT molecular complexity index is 792. The van der Waals surface area contributed by atoms with E-state index in [1.165, 1.54) is 0 Å². The number of unbranched alkanes of at least 4 members (excludes halogenated alkanes) is 1. The maximum Gasteiger partial charge on any atom is 0.243 e. The molecule has 0 spiro atoms. The van der Waals surface area contributed by atoms with E-state index in [1.807, 2.05) is 36.4 Å². The van der Waals surface area contributed by atoms with Crippen LogP contribution in [-0.2, 0) is 13.1 Å². The van der Waals surface area contributed by atoms with Crippen molar-refractivity contribution in [2.45, 2.75) is 45.9 Å². The molecule has 7 nitrogen and oxygen atoms in total. The summed E-state index contributed by atoms with van der Waals surface area (Å²) in [6.07, 6.45) is 1.66. The van der Waals surface area contributed by atoms with Crippen molar-refractivity contribution < 1.29 is 9.52 Å². The number of aryl methyl sites for hydroxylation is 1. The van der Waals surface area contributed by atoms with Crippen LogP contribution in [0.15, 0.2) is 40.8 Å². The van der Waals surface area contributed by atoms with Crippen molar-refractivity contribution >= 4 is 5.95 Å². The number of hydrogen-bond donors (Lipinski definition) is 2. The van der Waals surface area contributed by atoms with Crippen molar-refractivity contribution in [3.05, 3.63) is 47.7 Å². The van der Waals surface area contributed by atoms with Gasteiger partial charge in [0.1, 0.15) is 11.5 Å². The van der Waals surface area contributed by atoms with E-state index in [0.29, 0.717) is 12.5 Å². The quantitative estimate of drug-likeness (QED) is 0.653. The van der Waals surface area contributed by atoms with E-state index in [1.54, 1.807) is 11.6 Å². The highest BCUT2D eigenvalue weighted by molar-refractivity contribution is 5.58. The number of furan rings is 1. The minimum absolute atomic E-state index is 0.468. The van der Waals surface area contributed by atoms with Crippen LogP contribution >= 0.6 is 0 Å². The first-order chi connectivity index (χ1) is 12.2. The second-order valence-corrected chi connectivity index (χ2v) is 6.00. The topological polar surface area (TPSA) is 89.0 Å². The Morgan fingerprint density at radius 3 is 2.72 bits per heavy atom. The van der Waals surface area contributed by atoms with Crippen molar-refractivity contribution in [2.75, 3.05) is 5.32 Å². The minimum Gasteiger partial charge on any atom is -0.459 e. The van der Waals surface area contributed by atoms with Crippen molar-refractivity contribution in [2.24, 2.45) is 0 Å². The van der Waals surface area contributed by atoms with Crippen LogP contribution in [0.1, 0.15) is 44.1 Å². The number of hydrogen-bond acceptors (Lipinski definition) is 6. The predicted octanol–water partition coefficient (Wildman–Crippen LogP) is 3.40. The molecule has 25 heavy (non-hydrogen) atoms. The second-order valence-electron chi connectivity index (χ2n) is 6.00. The van der Waals surface area contributed by atoms with Crippen LogP contribution in [0.2, 0.25) is 0 Å². The maximum absolute atomic E-state index is 9.58. The number of aromatic nitrogens is 4. The van der Waals surface area contributed by atoms with E-state index < -0.39 is 6.10 Å². The van der Waals surface area contributed by atoms with Gasteiger partial charge in [0.2, 0.25) is 5.95 Å². The number of nitrogens with zero attached hydrogens (tertiary/aromatic N) is 4. The van der Waals surface area contributed by atoms with Gasteiger partial charge in [-0.05, 0) is 41.5 Å². The fourth-order valence-corrected chi connectivity index (χ4v) is 2.51. The first-order valence-corrected chi connectivity index (χ1v) is 8.54. The first kappa shape index (κ1) is 17.2. The molecule has 132 valence electrons. The van der Waals surface area contributed by atoms with E-state index >= 15 is 0 Å². The van der Waals surface area contributed by atoms with Gasteiger partial charge >= 0.3 is 0 Å². The summed E-state index contributed by atoms with van der Waals surface area (Å²) in [4.78, 5) is 0. The third kappa shape index (κ3) is 4.24. The van der Waals surface area contributed by atoms with Gasteiger partial charge in [0, 0.05) is 12.1 Å². The number of aliphatic hydroxyl groups excluding tert-OH is 1. The molecule has 0 aliphatic carbocycles. The van der Waals surface area contributed by atoms with Gasteiger partial charge in [-0.25, -0.2) is 4.68 Å². The Labute approximate surface area is 146 Å². The van der Waals surface area contributed by atoms with Crippen LogP contribution in [0.4, 0.5) is 5.95 Å². The monoisotopic (exact) mass is 341 g/mol. The number of rotatable bonds is 8. The standard InChI is InChI=1S/C18H23N5O2/c1-3-4-11-23-18(20-21-22-23)19-12-16-9-10-17(25-16)15-7-5-14(6-8-15)13(2)24/h5-10,13,24H,3-4,11-12H2,1-2H3,(H,19,20,22)/t13-/m1/s1. The zero-order valence-electron chi connectivity index (χ0n) is 14.5. The van der Waals surface area contributed by atoms with Crippen molar-refractivity contribution in [1.82, 2.24) is 20.2 Å². The Balaban J connectivity index is 1.63. The highest BCUT2D eigenvalue weighted by Gasteiger charge is 2.09. The summed E-state index contributed by atoms with van der Waals surface area (Å²) in [6, 6.07) is 11.6. The van der Waals surface area contributed by atoms with Gasteiger partial charge in [-0.2, -0.15) is 0 Å². The summed E-state index contributed by atoms with van der Waals surface area (Å²) in [6.45, 7) is 5.19. The zero-order valence-corrected chi connectivity index (χ0v) is 14.5. The van der Waals surface area contributed by atoms with Crippen molar-refractivity contribution in [3.63, 3.8) is 0 Å². The molecule has 2 aromatic heterocycles. The average Bonchev–Trinajstić information content (AvgIpc) is 3.27. The molecule has 0 saturated heterocycles. The smallest absolute Gasteiger partial charge is 0.243 e. The molecule has 0 amide bonds. The molecule has 2 N–H and O–H groups in total. The number of anilines is 1. The van der Waals surface area contributed by atoms with Gasteiger partial charge in [0.25, 0.3) is 0 Å².